The van der Waals surface area contributed by atoms with Crippen molar-refractivity contribution in [2.75, 3.05) is 14.2 Å². The summed E-state index contributed by atoms with van der Waals surface area (Å²) >= 11 is 0. The van der Waals surface area contributed by atoms with Crippen molar-refractivity contribution in [3.63, 3.8) is 0 Å². The fraction of sp³-hybridized carbons (Fsp3) is 0.278. The lowest BCUT2D eigenvalue weighted by molar-refractivity contribution is 0.414. The van der Waals surface area contributed by atoms with Crippen molar-refractivity contribution in [1.82, 2.24) is 5.32 Å². The van der Waals surface area contributed by atoms with E-state index >= 15 is 0 Å². The van der Waals surface area contributed by atoms with Gasteiger partial charge in [-0.25, -0.2) is 0 Å². The molecule has 4 nitrogen and oxygen atoms in total. The Morgan fingerprint density at radius 3 is 1.70 bits per heavy atom. The molecule has 0 fully saturated rings. The lowest BCUT2D eigenvalue weighted by Crippen LogP contribution is -2.23. The molecule has 0 bridgehead atoms. The molecule has 0 radical (unpaired) electrons. The molecule has 2 atom stereocenters. The molecule has 0 spiro atoms. The van der Waals surface area contributed by atoms with Crippen molar-refractivity contribution >= 4 is 12.4 Å². The highest BCUT2D eigenvalue weighted by atomic mass is 35.5. The second kappa shape index (κ2) is 9.04. The van der Waals surface area contributed by atoms with E-state index in [4.69, 9.17) is 9.47 Å². The lowest BCUT2D eigenvalue weighted by atomic mass is 10.0. The molecule has 0 unspecified atom stereocenters. The molecule has 0 aliphatic carbocycles. The Bertz CT molecular complexity index is 636. The maximum Gasteiger partial charge on any atom is 0.121 e. The van der Waals surface area contributed by atoms with Crippen LogP contribution in [-0.4, -0.2) is 14.2 Å². The van der Waals surface area contributed by atoms with Crippen LogP contribution >= 0.6 is 12.4 Å². The molecule has 23 heavy (non-hydrogen) atoms. The van der Waals surface area contributed by atoms with E-state index in [2.05, 4.69) is 11.4 Å². The van der Waals surface area contributed by atoms with E-state index in [9.17, 15) is 5.26 Å². The second-order valence-electron chi connectivity index (χ2n) is 5.00. The molecule has 0 saturated carbocycles. The molecular formula is C18H21ClN2O2. The van der Waals surface area contributed by atoms with Gasteiger partial charge in [-0.3, -0.25) is 5.32 Å². The summed E-state index contributed by atoms with van der Waals surface area (Å²) in [5.41, 5.74) is 2.03. The van der Waals surface area contributed by atoms with Gasteiger partial charge in [0.05, 0.1) is 20.3 Å². The first-order valence-electron chi connectivity index (χ1n) is 7.11. The lowest BCUT2D eigenvalue weighted by Gasteiger charge is -2.19. The van der Waals surface area contributed by atoms with Crippen molar-refractivity contribution in [3.05, 3.63) is 59.7 Å². The molecule has 0 aliphatic heterocycles. The third-order valence-electron chi connectivity index (χ3n) is 3.61. The summed E-state index contributed by atoms with van der Waals surface area (Å²) < 4.78 is 10.3. The maximum atomic E-state index is 9.42. The van der Waals surface area contributed by atoms with Crippen molar-refractivity contribution in [1.29, 1.82) is 5.26 Å². The average molecular weight is 333 g/mol. The van der Waals surface area contributed by atoms with Crippen LogP contribution in [0.3, 0.4) is 0 Å². The molecule has 2 rings (SSSR count). The predicted octanol–water partition coefficient (Wildman–Crippen LogP) is 4.04. The summed E-state index contributed by atoms with van der Waals surface area (Å²) in [7, 11) is 3.27. The van der Waals surface area contributed by atoms with Crippen LogP contribution in [0.25, 0.3) is 0 Å². The fourth-order valence-electron chi connectivity index (χ4n) is 2.24. The van der Waals surface area contributed by atoms with Crippen LogP contribution in [0.15, 0.2) is 48.5 Å². The van der Waals surface area contributed by atoms with Crippen molar-refractivity contribution < 1.29 is 9.47 Å². The third kappa shape index (κ3) is 4.88. The largest absolute Gasteiger partial charge is 0.497 e. The van der Waals surface area contributed by atoms with Crippen LogP contribution in [0.1, 0.15) is 30.1 Å². The first-order valence-corrected chi connectivity index (χ1v) is 7.11. The quantitative estimate of drug-likeness (QED) is 0.867. The molecule has 1 N–H and O–H groups in total. The Labute approximate surface area is 143 Å². The highest BCUT2D eigenvalue weighted by molar-refractivity contribution is 5.85. The number of halogens is 1. The second-order valence-corrected chi connectivity index (χ2v) is 5.00. The van der Waals surface area contributed by atoms with E-state index in [1.165, 1.54) is 0 Å². The first kappa shape index (κ1) is 18.8. The summed E-state index contributed by atoms with van der Waals surface area (Å²) in [6.07, 6.45) is 0. The summed E-state index contributed by atoms with van der Waals surface area (Å²) in [6, 6.07) is 17.3. The number of ether oxygens (including phenoxy) is 2. The van der Waals surface area contributed by atoms with Crippen LogP contribution < -0.4 is 14.8 Å². The molecule has 0 heterocycles. The van der Waals surface area contributed by atoms with Gasteiger partial charge < -0.3 is 9.47 Å². The summed E-state index contributed by atoms with van der Waals surface area (Å²) in [5, 5.41) is 12.8. The van der Waals surface area contributed by atoms with Crippen LogP contribution in [0, 0.1) is 11.3 Å². The third-order valence-corrected chi connectivity index (χ3v) is 3.61. The summed E-state index contributed by atoms with van der Waals surface area (Å²) in [6.45, 7) is 2.04. The highest BCUT2D eigenvalue weighted by Crippen LogP contribution is 2.22. The van der Waals surface area contributed by atoms with Crippen LogP contribution in [0.5, 0.6) is 11.5 Å². The first-order chi connectivity index (χ1) is 10.7. The number of nitrogens with one attached hydrogen (secondary N) is 1. The molecule has 122 valence electrons. The van der Waals surface area contributed by atoms with E-state index in [1.54, 1.807) is 14.2 Å². The zero-order valence-electron chi connectivity index (χ0n) is 13.4. The smallest absolute Gasteiger partial charge is 0.121 e. The van der Waals surface area contributed by atoms with Crippen molar-refractivity contribution in [2.45, 2.75) is 19.0 Å². The number of nitriles is 1. The zero-order valence-corrected chi connectivity index (χ0v) is 14.3. The van der Waals surface area contributed by atoms with E-state index in [1.807, 2.05) is 55.5 Å². The van der Waals surface area contributed by atoms with Crippen molar-refractivity contribution in [2.24, 2.45) is 0 Å². The minimum atomic E-state index is -0.372. The van der Waals surface area contributed by atoms with Gasteiger partial charge in [0.25, 0.3) is 0 Å². The number of hydrogen-bond donors (Lipinski definition) is 1. The SMILES string of the molecule is COc1ccc([C@H](C)N[C@H](C#N)c2ccc(OC)cc2)cc1.Cl. The Morgan fingerprint density at radius 1 is 0.870 bits per heavy atom. The average Bonchev–Trinajstić information content (AvgIpc) is 2.59. The van der Waals surface area contributed by atoms with Gasteiger partial charge in [-0.05, 0) is 42.3 Å². The monoisotopic (exact) mass is 332 g/mol. The number of hydrogen-bond acceptors (Lipinski definition) is 4. The fourth-order valence-corrected chi connectivity index (χ4v) is 2.24. The summed E-state index contributed by atoms with van der Waals surface area (Å²) in [4.78, 5) is 0. The maximum absolute atomic E-state index is 9.42. The van der Waals surface area contributed by atoms with Gasteiger partial charge >= 0.3 is 0 Å². The zero-order chi connectivity index (χ0) is 15.9. The molecule has 0 aromatic heterocycles. The van der Waals surface area contributed by atoms with Gasteiger partial charge in [0.15, 0.2) is 0 Å². The molecule has 5 heteroatoms. The minimum Gasteiger partial charge on any atom is -0.497 e. The Balaban J connectivity index is 0.00000264. The van der Waals surface area contributed by atoms with Crippen molar-refractivity contribution in [3.8, 4) is 17.6 Å². The Kier molecular flexibility index (Phi) is 7.40. The van der Waals surface area contributed by atoms with Gasteiger partial charge in [-0.15, -0.1) is 12.4 Å². The minimum absolute atomic E-state index is 0. The van der Waals surface area contributed by atoms with Gasteiger partial charge in [-0.2, -0.15) is 5.26 Å². The molecule has 0 amide bonds. The molecule has 0 aliphatic rings. The van der Waals surface area contributed by atoms with Crippen LogP contribution in [0.2, 0.25) is 0 Å². The van der Waals surface area contributed by atoms with Gasteiger partial charge in [-0.1, -0.05) is 24.3 Å². The van der Waals surface area contributed by atoms with Gasteiger partial charge in [0.2, 0.25) is 0 Å². The Morgan fingerprint density at radius 2 is 1.30 bits per heavy atom. The highest BCUT2D eigenvalue weighted by Gasteiger charge is 2.15. The predicted molar refractivity (Wildman–Crippen MR) is 93.1 cm³/mol. The molecule has 2 aromatic carbocycles. The molecular weight excluding hydrogens is 312 g/mol. The number of methoxy groups -OCH3 is 2. The Hall–Kier alpha value is -2.22. The van der Waals surface area contributed by atoms with E-state index in [0.29, 0.717) is 0 Å². The van der Waals surface area contributed by atoms with Crippen LogP contribution in [0.4, 0.5) is 0 Å². The molecule has 0 saturated heterocycles. The number of rotatable bonds is 6. The normalized spacial score (nSPS) is 12.4. The van der Waals surface area contributed by atoms with E-state index in [0.717, 1.165) is 22.6 Å². The molecule has 2 aromatic rings. The summed E-state index contributed by atoms with van der Waals surface area (Å²) in [5.74, 6) is 1.60. The topological polar surface area (TPSA) is 54.3 Å². The number of nitrogens with zero attached hydrogens (tertiary/aromatic N) is 1. The van der Waals surface area contributed by atoms with E-state index in [-0.39, 0.29) is 24.5 Å². The van der Waals surface area contributed by atoms with Gasteiger partial charge in [0, 0.05) is 6.04 Å². The van der Waals surface area contributed by atoms with Gasteiger partial charge in [0.1, 0.15) is 17.5 Å². The van der Waals surface area contributed by atoms with Crippen LogP contribution in [-0.2, 0) is 0 Å². The van der Waals surface area contributed by atoms with E-state index < -0.39 is 0 Å². The number of benzene rings is 2. The standard InChI is InChI=1S/C18H20N2O2.ClH/c1-13(14-4-8-16(21-2)9-5-14)20-18(12-19)15-6-10-17(22-3)11-7-15;/h4-11,13,18,20H,1-3H3;1H/t13-,18+;/m0./s1.